The Hall–Kier alpha value is -1.75. The third-order valence-corrected chi connectivity index (χ3v) is 6.73. The fourth-order valence-electron chi connectivity index (χ4n) is 2.58. The fourth-order valence-corrected chi connectivity index (χ4v) is 5.40. The highest BCUT2D eigenvalue weighted by atomic mass is 32.2. The zero-order valence-electron chi connectivity index (χ0n) is 15.1. The van der Waals surface area contributed by atoms with E-state index in [9.17, 15) is 16.8 Å². The quantitative estimate of drug-likeness (QED) is 0.693. The summed E-state index contributed by atoms with van der Waals surface area (Å²) in [6.45, 7) is 6.50. The number of nitrogens with one attached hydrogen (secondary N) is 2. The zero-order valence-corrected chi connectivity index (χ0v) is 16.7. The second-order valence-corrected chi connectivity index (χ2v) is 9.74. The minimum atomic E-state index is -3.83. The molecule has 0 amide bonds. The van der Waals surface area contributed by atoms with E-state index >= 15 is 0 Å². The molecule has 2 aromatic rings. The number of nitrogens with zero attached hydrogens (tertiary/aromatic N) is 1. The van der Waals surface area contributed by atoms with Crippen molar-refractivity contribution in [2.24, 2.45) is 0 Å². The number of benzene rings is 1. The third kappa shape index (κ3) is 5.13. The van der Waals surface area contributed by atoms with E-state index in [1.165, 1.54) is 6.92 Å². The summed E-state index contributed by atoms with van der Waals surface area (Å²) in [5.41, 5.74) is 1.38. The Kier molecular flexibility index (Phi) is 6.22. The Morgan fingerprint density at radius 3 is 2.23 bits per heavy atom. The molecule has 2 rings (SSSR count). The van der Waals surface area contributed by atoms with Gasteiger partial charge in [0.05, 0.1) is 5.75 Å². The molecular weight excluding hydrogens is 378 g/mol. The maximum absolute atomic E-state index is 12.5. The van der Waals surface area contributed by atoms with Gasteiger partial charge in [-0.15, -0.1) is 0 Å². The summed E-state index contributed by atoms with van der Waals surface area (Å²) in [6.07, 6.45) is 0. The first-order valence-corrected chi connectivity index (χ1v) is 11.1. The Morgan fingerprint density at radius 1 is 1.08 bits per heavy atom. The Morgan fingerprint density at radius 2 is 1.69 bits per heavy atom. The molecule has 0 saturated heterocycles. The standard InChI is InChI=1S/C16H23N3O5S2/c1-11(2)19-25(20,21)10-15-8-6-5-7-14(15)9-17-26(22,23)16-12(3)18-24-13(16)4/h5-8,11,17,19H,9-10H2,1-4H3. The Balaban J connectivity index is 2.21. The first-order chi connectivity index (χ1) is 12.0. The van der Waals surface area contributed by atoms with Crippen LogP contribution in [0, 0.1) is 13.8 Å². The molecule has 2 N–H and O–H groups in total. The van der Waals surface area contributed by atoms with Gasteiger partial charge in [0, 0.05) is 12.6 Å². The van der Waals surface area contributed by atoms with E-state index in [2.05, 4.69) is 14.6 Å². The molecule has 0 spiro atoms. The Labute approximate surface area is 154 Å². The van der Waals surface area contributed by atoms with Crippen molar-refractivity contribution in [2.75, 3.05) is 0 Å². The average molecular weight is 402 g/mol. The topological polar surface area (TPSA) is 118 Å². The molecule has 1 aromatic heterocycles. The predicted octanol–water partition coefficient (Wildman–Crippen LogP) is 1.60. The molecule has 0 fully saturated rings. The van der Waals surface area contributed by atoms with Gasteiger partial charge in [0.2, 0.25) is 20.0 Å². The minimum Gasteiger partial charge on any atom is -0.360 e. The number of aromatic nitrogens is 1. The number of hydrogen-bond acceptors (Lipinski definition) is 6. The van der Waals surface area contributed by atoms with Crippen LogP contribution >= 0.6 is 0 Å². The van der Waals surface area contributed by atoms with E-state index in [1.54, 1.807) is 45.0 Å². The zero-order chi connectivity index (χ0) is 19.5. The normalized spacial score (nSPS) is 12.7. The highest BCUT2D eigenvalue weighted by molar-refractivity contribution is 7.89. The molecule has 10 heteroatoms. The van der Waals surface area contributed by atoms with Crippen LogP contribution in [-0.2, 0) is 32.3 Å². The van der Waals surface area contributed by atoms with Gasteiger partial charge in [-0.2, -0.15) is 0 Å². The largest absolute Gasteiger partial charge is 0.360 e. The van der Waals surface area contributed by atoms with Crippen molar-refractivity contribution in [3.8, 4) is 0 Å². The molecule has 1 aromatic carbocycles. The van der Waals surface area contributed by atoms with E-state index < -0.39 is 20.0 Å². The van der Waals surface area contributed by atoms with Gasteiger partial charge < -0.3 is 4.52 Å². The van der Waals surface area contributed by atoms with Gasteiger partial charge in [-0.05, 0) is 38.8 Å². The molecule has 0 radical (unpaired) electrons. The van der Waals surface area contributed by atoms with E-state index in [0.29, 0.717) is 11.1 Å². The van der Waals surface area contributed by atoms with Crippen LogP contribution in [-0.4, -0.2) is 28.0 Å². The van der Waals surface area contributed by atoms with E-state index in [1.807, 2.05) is 0 Å². The van der Waals surface area contributed by atoms with E-state index in [4.69, 9.17) is 4.52 Å². The molecule has 8 nitrogen and oxygen atoms in total. The predicted molar refractivity (Wildman–Crippen MR) is 97.3 cm³/mol. The molecule has 0 atom stereocenters. The molecule has 0 unspecified atom stereocenters. The van der Waals surface area contributed by atoms with Crippen molar-refractivity contribution in [3.05, 3.63) is 46.8 Å². The van der Waals surface area contributed by atoms with Gasteiger partial charge in [-0.1, -0.05) is 29.4 Å². The number of rotatable bonds is 8. The molecule has 0 aliphatic rings. The third-order valence-electron chi connectivity index (χ3n) is 3.57. The summed E-state index contributed by atoms with van der Waals surface area (Å²) in [5, 5.41) is 3.65. The van der Waals surface area contributed by atoms with E-state index in [0.717, 1.165) is 0 Å². The van der Waals surface area contributed by atoms with Crippen LogP contribution in [0.5, 0.6) is 0 Å². The minimum absolute atomic E-state index is 0.00378. The molecular formula is C16H23N3O5S2. The van der Waals surface area contributed by atoms with Crippen LogP contribution in [0.2, 0.25) is 0 Å². The lowest BCUT2D eigenvalue weighted by Crippen LogP contribution is -2.32. The molecule has 144 valence electrons. The summed E-state index contributed by atoms with van der Waals surface area (Å²) in [7, 11) is -7.35. The van der Waals surface area contributed by atoms with Gasteiger partial charge in [0.15, 0.2) is 5.76 Å². The molecule has 0 saturated carbocycles. The van der Waals surface area contributed by atoms with Crippen molar-refractivity contribution in [1.82, 2.24) is 14.6 Å². The van der Waals surface area contributed by atoms with Crippen LogP contribution < -0.4 is 9.44 Å². The number of aryl methyl sites for hydroxylation is 2. The highest BCUT2D eigenvalue weighted by Gasteiger charge is 2.24. The second kappa shape index (κ2) is 7.87. The number of sulfonamides is 2. The Bertz CT molecular complexity index is 960. The van der Waals surface area contributed by atoms with Gasteiger partial charge in [0.25, 0.3) is 0 Å². The lowest BCUT2D eigenvalue weighted by Gasteiger charge is -2.13. The molecule has 0 aliphatic carbocycles. The lowest BCUT2D eigenvalue weighted by atomic mass is 10.1. The summed E-state index contributed by atoms with van der Waals surface area (Å²) < 4.78 is 59.3. The summed E-state index contributed by atoms with van der Waals surface area (Å²) in [4.78, 5) is 0.00378. The molecule has 0 aliphatic heterocycles. The maximum atomic E-state index is 12.5. The molecule has 26 heavy (non-hydrogen) atoms. The maximum Gasteiger partial charge on any atom is 0.246 e. The van der Waals surface area contributed by atoms with Gasteiger partial charge in [-0.25, -0.2) is 26.3 Å². The summed E-state index contributed by atoms with van der Waals surface area (Å²) in [6, 6.07) is 6.58. The summed E-state index contributed by atoms with van der Waals surface area (Å²) in [5.74, 6) is -0.0269. The first-order valence-electron chi connectivity index (χ1n) is 8.01. The van der Waals surface area contributed by atoms with Crippen LogP contribution in [0.3, 0.4) is 0 Å². The van der Waals surface area contributed by atoms with Crippen molar-refractivity contribution in [1.29, 1.82) is 0 Å². The highest BCUT2D eigenvalue weighted by Crippen LogP contribution is 2.20. The van der Waals surface area contributed by atoms with Crippen molar-refractivity contribution in [2.45, 2.75) is 50.9 Å². The van der Waals surface area contributed by atoms with Gasteiger partial charge >= 0.3 is 0 Å². The van der Waals surface area contributed by atoms with Crippen LogP contribution in [0.4, 0.5) is 0 Å². The van der Waals surface area contributed by atoms with Crippen LogP contribution in [0.15, 0.2) is 33.7 Å². The monoisotopic (exact) mass is 401 g/mol. The van der Waals surface area contributed by atoms with Gasteiger partial charge in [-0.3, -0.25) is 0 Å². The van der Waals surface area contributed by atoms with Crippen molar-refractivity contribution >= 4 is 20.0 Å². The average Bonchev–Trinajstić information content (AvgIpc) is 2.84. The van der Waals surface area contributed by atoms with Crippen molar-refractivity contribution < 1.29 is 21.4 Å². The van der Waals surface area contributed by atoms with E-state index in [-0.39, 0.29) is 34.7 Å². The molecule has 1 heterocycles. The van der Waals surface area contributed by atoms with Crippen LogP contribution in [0.1, 0.15) is 36.4 Å². The van der Waals surface area contributed by atoms with Crippen molar-refractivity contribution in [3.63, 3.8) is 0 Å². The fraction of sp³-hybridized carbons (Fsp3) is 0.438. The van der Waals surface area contributed by atoms with Gasteiger partial charge in [0.1, 0.15) is 10.6 Å². The smallest absolute Gasteiger partial charge is 0.246 e. The second-order valence-electron chi connectivity index (χ2n) is 6.28. The lowest BCUT2D eigenvalue weighted by molar-refractivity contribution is 0.390. The van der Waals surface area contributed by atoms with Crippen LogP contribution in [0.25, 0.3) is 0 Å². The summed E-state index contributed by atoms with van der Waals surface area (Å²) >= 11 is 0. The molecule has 0 bridgehead atoms. The number of hydrogen-bond donors (Lipinski definition) is 2. The first kappa shape index (κ1) is 20.6. The SMILES string of the molecule is Cc1noc(C)c1S(=O)(=O)NCc1ccccc1CS(=O)(=O)NC(C)C.